The minimum Gasteiger partial charge on any atom is -0.369 e. The first-order valence-electron chi connectivity index (χ1n) is 5.06. The first-order valence-corrected chi connectivity index (χ1v) is 5.88. The van der Waals surface area contributed by atoms with Crippen molar-refractivity contribution in [3.05, 3.63) is 55.9 Å². The summed E-state index contributed by atoms with van der Waals surface area (Å²) < 4.78 is 0. The number of hydrogen-bond acceptors (Lipinski definition) is 2. The molecule has 2 aliphatic rings. The van der Waals surface area contributed by atoms with E-state index in [9.17, 15) is 0 Å². The maximum atomic E-state index is 3.58. The van der Waals surface area contributed by atoms with Crippen molar-refractivity contribution in [1.29, 1.82) is 0 Å². The number of rotatable bonds is 1. The third kappa shape index (κ3) is 1.55. The van der Waals surface area contributed by atoms with E-state index < -0.39 is 0 Å². The van der Waals surface area contributed by atoms with Gasteiger partial charge in [0.05, 0.1) is 4.87 Å². The molecule has 0 bridgehead atoms. The van der Waals surface area contributed by atoms with E-state index in [-0.39, 0.29) is 4.87 Å². The summed E-state index contributed by atoms with van der Waals surface area (Å²) in [6.45, 7) is 2.23. The summed E-state index contributed by atoms with van der Waals surface area (Å²) in [6, 6.07) is 8.46. The van der Waals surface area contributed by atoms with Crippen molar-refractivity contribution in [2.75, 3.05) is 5.32 Å². The summed E-state index contributed by atoms with van der Waals surface area (Å²) in [5.74, 6) is 1.34. The van der Waals surface area contributed by atoms with Crippen LogP contribution in [-0.2, 0) is 0 Å². The lowest BCUT2D eigenvalue weighted by Gasteiger charge is -2.30. The molecule has 1 N–H and O–H groups in total. The minimum atomic E-state index is -0.00676. The zero-order valence-electron chi connectivity index (χ0n) is 8.53. The van der Waals surface area contributed by atoms with E-state index in [1.54, 1.807) is 0 Å². The van der Waals surface area contributed by atoms with Crippen LogP contribution >= 0.6 is 11.8 Å². The maximum Gasteiger partial charge on any atom is 0.0921 e. The molecule has 3 rings (SSSR count). The molecule has 2 heteroatoms. The minimum absolute atomic E-state index is 0.00676. The van der Waals surface area contributed by atoms with Crippen LogP contribution in [0.2, 0.25) is 0 Å². The Morgan fingerprint density at radius 3 is 2.60 bits per heavy atom. The Morgan fingerprint density at radius 1 is 1.13 bits per heavy atom. The van der Waals surface area contributed by atoms with E-state index in [4.69, 9.17) is 0 Å². The van der Waals surface area contributed by atoms with Gasteiger partial charge in [-0.3, -0.25) is 0 Å². The van der Waals surface area contributed by atoms with Crippen LogP contribution in [-0.4, -0.2) is 4.87 Å². The molecule has 1 atom stereocenters. The Hall–Kier alpha value is -0.630. The third-order valence-electron chi connectivity index (χ3n) is 2.79. The van der Waals surface area contributed by atoms with Gasteiger partial charge in [0.2, 0.25) is 0 Å². The van der Waals surface area contributed by atoms with Crippen molar-refractivity contribution >= 4 is 17.4 Å². The highest BCUT2D eigenvalue weighted by atomic mass is 32.2. The molecule has 1 heterocycles. The zero-order chi connectivity index (χ0) is 10.3. The molecule has 1 nitrogen and oxygen atoms in total. The number of hydrogen-bond donors (Lipinski definition) is 1. The SMILES string of the molecule is CC1([C]2[CH][CH][CH][CH]2)Nc2ccccc2S1. The summed E-state index contributed by atoms with van der Waals surface area (Å²) in [5, 5.41) is 3.58. The Morgan fingerprint density at radius 2 is 1.87 bits per heavy atom. The van der Waals surface area contributed by atoms with Crippen LogP contribution in [0.4, 0.5) is 5.69 Å². The van der Waals surface area contributed by atoms with Crippen molar-refractivity contribution < 1.29 is 0 Å². The number of para-hydroxylation sites is 1. The molecule has 0 spiro atoms. The number of nitrogens with one attached hydrogen (secondary N) is 1. The topological polar surface area (TPSA) is 12.0 Å². The van der Waals surface area contributed by atoms with Gasteiger partial charge < -0.3 is 5.32 Å². The van der Waals surface area contributed by atoms with E-state index in [1.807, 2.05) is 11.8 Å². The van der Waals surface area contributed by atoms with Gasteiger partial charge in [-0.1, -0.05) is 23.9 Å². The molecule has 15 heavy (non-hydrogen) atoms. The van der Waals surface area contributed by atoms with Gasteiger partial charge in [0.1, 0.15) is 0 Å². The largest absolute Gasteiger partial charge is 0.369 e. The molecule has 0 amide bonds. The van der Waals surface area contributed by atoms with E-state index in [1.165, 1.54) is 16.5 Å². The fourth-order valence-electron chi connectivity index (χ4n) is 1.98. The Labute approximate surface area is 95.6 Å². The summed E-state index contributed by atoms with van der Waals surface area (Å²) in [5.41, 5.74) is 1.24. The molecule has 1 aromatic rings. The predicted molar refractivity (Wildman–Crippen MR) is 64.8 cm³/mol. The molecule has 0 aromatic heterocycles. The summed E-state index contributed by atoms with van der Waals surface area (Å²) in [7, 11) is 0. The second-order valence-corrected chi connectivity index (χ2v) is 5.39. The van der Waals surface area contributed by atoms with Gasteiger partial charge in [-0.05, 0) is 44.7 Å². The molecule has 1 aliphatic carbocycles. The summed E-state index contributed by atoms with van der Waals surface area (Å²) >= 11 is 1.89. The molecule has 5 radical (unpaired) electrons. The number of anilines is 1. The second kappa shape index (κ2) is 3.44. The lowest BCUT2D eigenvalue weighted by Crippen LogP contribution is -2.33. The van der Waals surface area contributed by atoms with Crippen LogP contribution < -0.4 is 5.32 Å². The van der Waals surface area contributed by atoms with E-state index in [2.05, 4.69) is 62.2 Å². The average molecular weight is 214 g/mol. The molecule has 1 aliphatic heterocycles. The third-order valence-corrected chi connectivity index (χ3v) is 4.11. The van der Waals surface area contributed by atoms with Crippen molar-refractivity contribution in [3.63, 3.8) is 0 Å². The summed E-state index contributed by atoms with van der Waals surface area (Å²) in [6.07, 6.45) is 8.52. The van der Waals surface area contributed by atoms with E-state index in [0.29, 0.717) is 0 Å². The van der Waals surface area contributed by atoms with Gasteiger partial charge in [0.15, 0.2) is 0 Å². The van der Waals surface area contributed by atoms with Gasteiger partial charge in [0, 0.05) is 16.5 Å². The first-order chi connectivity index (χ1) is 7.28. The predicted octanol–water partition coefficient (Wildman–Crippen LogP) is 3.33. The van der Waals surface area contributed by atoms with Crippen LogP contribution in [0.25, 0.3) is 0 Å². The molecule has 1 unspecified atom stereocenters. The quantitative estimate of drug-likeness (QED) is 0.769. The lowest BCUT2D eigenvalue weighted by molar-refractivity contribution is 0.801. The normalized spacial score (nSPS) is 30.2. The van der Waals surface area contributed by atoms with Crippen LogP contribution in [0.15, 0.2) is 29.2 Å². The number of thioether (sulfide) groups is 1. The Balaban J connectivity index is 1.87. The molecular weight excluding hydrogens is 202 g/mol. The van der Waals surface area contributed by atoms with Crippen LogP contribution in [0.5, 0.6) is 0 Å². The smallest absolute Gasteiger partial charge is 0.0921 e. The maximum absolute atomic E-state index is 3.58. The van der Waals surface area contributed by atoms with E-state index in [0.717, 1.165) is 0 Å². The van der Waals surface area contributed by atoms with Gasteiger partial charge in [-0.15, -0.1) is 0 Å². The Kier molecular flexibility index (Phi) is 2.20. The molecule has 1 saturated carbocycles. The van der Waals surface area contributed by atoms with Crippen molar-refractivity contribution in [2.24, 2.45) is 0 Å². The standard InChI is InChI=1S/C13H12NS/c1-13(10-6-2-3-7-10)14-11-8-4-5-9-12(11)15-13/h2-9,14H,1H3. The fourth-order valence-corrected chi connectivity index (χ4v) is 3.21. The van der Waals surface area contributed by atoms with Crippen LogP contribution in [0.3, 0.4) is 0 Å². The number of fused-ring (bicyclic) bond motifs is 1. The molecule has 75 valence electrons. The highest BCUT2D eigenvalue weighted by Gasteiger charge is 2.42. The van der Waals surface area contributed by atoms with Crippen LogP contribution in [0, 0.1) is 31.6 Å². The first kappa shape index (κ1) is 9.59. The van der Waals surface area contributed by atoms with Crippen LogP contribution in [0.1, 0.15) is 6.92 Å². The van der Waals surface area contributed by atoms with Gasteiger partial charge in [-0.25, -0.2) is 0 Å². The van der Waals surface area contributed by atoms with Gasteiger partial charge in [-0.2, -0.15) is 0 Å². The number of benzene rings is 1. The monoisotopic (exact) mass is 214 g/mol. The molecule has 1 aromatic carbocycles. The summed E-state index contributed by atoms with van der Waals surface area (Å²) in [4.78, 5) is 1.33. The van der Waals surface area contributed by atoms with Gasteiger partial charge in [0.25, 0.3) is 0 Å². The Bertz CT molecular complexity index is 344. The highest BCUT2D eigenvalue weighted by Crippen LogP contribution is 2.52. The van der Waals surface area contributed by atoms with Crippen molar-refractivity contribution in [2.45, 2.75) is 16.7 Å². The lowest BCUT2D eigenvalue weighted by atomic mass is 9.99. The highest BCUT2D eigenvalue weighted by molar-refractivity contribution is 8.01. The molecule has 0 saturated heterocycles. The molecule has 1 fully saturated rings. The second-order valence-electron chi connectivity index (χ2n) is 3.93. The zero-order valence-corrected chi connectivity index (χ0v) is 9.34. The molecular formula is C13H12NS. The fraction of sp³-hybridized carbons (Fsp3) is 0.154. The van der Waals surface area contributed by atoms with E-state index >= 15 is 0 Å². The van der Waals surface area contributed by atoms with Crippen molar-refractivity contribution in [3.8, 4) is 0 Å². The average Bonchev–Trinajstić information content (AvgIpc) is 2.83. The van der Waals surface area contributed by atoms with Crippen molar-refractivity contribution in [1.82, 2.24) is 0 Å². The van der Waals surface area contributed by atoms with Gasteiger partial charge >= 0.3 is 0 Å².